The Morgan fingerprint density at radius 3 is 2.59 bits per heavy atom. The van der Waals surface area contributed by atoms with Crippen molar-refractivity contribution in [2.24, 2.45) is 11.3 Å². The monoisotopic (exact) mass is 237 g/mol. The van der Waals surface area contributed by atoms with Crippen molar-refractivity contribution in [2.75, 3.05) is 26.7 Å². The lowest BCUT2D eigenvalue weighted by molar-refractivity contribution is -0.124. The minimum Gasteiger partial charge on any atom is -0.354 e. The molecular weight excluding hydrogens is 214 g/mol. The lowest BCUT2D eigenvalue weighted by atomic mass is 9.80. The van der Waals surface area contributed by atoms with Crippen molar-refractivity contribution < 1.29 is 4.79 Å². The standard InChI is InChI=1S/C13H23N3O/c1-4-11(9-14)12(17)15-10-13(2)5-7-16(3)8-6-13/h11H,4-8,10H2,1-3H3,(H,15,17). The van der Waals surface area contributed by atoms with Crippen molar-refractivity contribution in [1.29, 1.82) is 5.26 Å². The molecule has 96 valence electrons. The molecule has 17 heavy (non-hydrogen) atoms. The highest BCUT2D eigenvalue weighted by atomic mass is 16.1. The van der Waals surface area contributed by atoms with Crippen molar-refractivity contribution in [1.82, 2.24) is 10.2 Å². The third-order valence-corrected chi connectivity index (χ3v) is 3.76. The second-order valence-electron chi connectivity index (χ2n) is 5.42. The van der Waals surface area contributed by atoms with Gasteiger partial charge >= 0.3 is 0 Å². The molecule has 0 spiro atoms. The first-order valence-corrected chi connectivity index (χ1v) is 6.36. The molecule has 0 aromatic rings. The van der Waals surface area contributed by atoms with Gasteiger partial charge in [-0.3, -0.25) is 4.79 Å². The third-order valence-electron chi connectivity index (χ3n) is 3.76. The molecule has 1 aliphatic rings. The summed E-state index contributed by atoms with van der Waals surface area (Å²) in [7, 11) is 2.13. The Kier molecular flexibility index (Phi) is 4.95. The first-order valence-electron chi connectivity index (χ1n) is 6.36. The predicted molar refractivity (Wildman–Crippen MR) is 67.2 cm³/mol. The summed E-state index contributed by atoms with van der Waals surface area (Å²) >= 11 is 0. The molecule has 0 radical (unpaired) electrons. The Morgan fingerprint density at radius 2 is 2.12 bits per heavy atom. The van der Waals surface area contributed by atoms with Gasteiger partial charge in [0.15, 0.2) is 0 Å². The summed E-state index contributed by atoms with van der Waals surface area (Å²) in [5.74, 6) is -0.611. The number of nitriles is 1. The van der Waals surface area contributed by atoms with E-state index in [1.807, 2.05) is 13.0 Å². The lowest BCUT2D eigenvalue weighted by Crippen LogP contribution is -2.44. The zero-order valence-corrected chi connectivity index (χ0v) is 11.1. The van der Waals surface area contributed by atoms with E-state index in [1.54, 1.807) is 0 Å². The number of hydrogen-bond donors (Lipinski definition) is 1. The fraction of sp³-hybridized carbons (Fsp3) is 0.846. The number of rotatable bonds is 4. The van der Waals surface area contributed by atoms with E-state index in [0.717, 1.165) is 25.9 Å². The van der Waals surface area contributed by atoms with Crippen molar-refractivity contribution in [3.8, 4) is 6.07 Å². The molecular formula is C13H23N3O. The van der Waals surface area contributed by atoms with Gasteiger partial charge in [0.1, 0.15) is 5.92 Å². The van der Waals surface area contributed by atoms with Crippen LogP contribution in [0.15, 0.2) is 0 Å². The zero-order valence-electron chi connectivity index (χ0n) is 11.1. The summed E-state index contributed by atoms with van der Waals surface area (Å²) in [5, 5.41) is 11.7. The maximum Gasteiger partial charge on any atom is 0.237 e. The largest absolute Gasteiger partial charge is 0.354 e. The van der Waals surface area contributed by atoms with Crippen molar-refractivity contribution >= 4 is 5.91 Å². The molecule has 0 aromatic carbocycles. The molecule has 1 atom stereocenters. The first kappa shape index (κ1) is 14.0. The number of carbonyl (C=O) groups is 1. The highest BCUT2D eigenvalue weighted by molar-refractivity contribution is 5.80. The lowest BCUT2D eigenvalue weighted by Gasteiger charge is -2.38. The molecule has 1 fully saturated rings. The topological polar surface area (TPSA) is 56.1 Å². The molecule has 1 unspecified atom stereocenters. The fourth-order valence-electron chi connectivity index (χ4n) is 2.09. The maximum absolute atomic E-state index is 11.7. The Balaban J connectivity index is 2.40. The Morgan fingerprint density at radius 1 is 1.53 bits per heavy atom. The molecule has 1 saturated heterocycles. The second-order valence-corrected chi connectivity index (χ2v) is 5.42. The predicted octanol–water partition coefficient (Wildman–Crippen LogP) is 1.38. The van der Waals surface area contributed by atoms with E-state index >= 15 is 0 Å². The quantitative estimate of drug-likeness (QED) is 0.803. The van der Waals surface area contributed by atoms with Gasteiger partial charge < -0.3 is 10.2 Å². The van der Waals surface area contributed by atoms with Crippen LogP contribution in [0.25, 0.3) is 0 Å². The van der Waals surface area contributed by atoms with Crippen LogP contribution in [0.1, 0.15) is 33.1 Å². The van der Waals surface area contributed by atoms with Gasteiger partial charge in [0.25, 0.3) is 0 Å². The highest BCUT2D eigenvalue weighted by Gasteiger charge is 2.29. The first-order chi connectivity index (χ1) is 8.00. The van der Waals surface area contributed by atoms with E-state index in [2.05, 4.69) is 24.2 Å². The summed E-state index contributed by atoms with van der Waals surface area (Å²) < 4.78 is 0. The van der Waals surface area contributed by atoms with Crippen LogP contribution in [-0.2, 0) is 4.79 Å². The Labute approximate surface area is 104 Å². The van der Waals surface area contributed by atoms with E-state index in [-0.39, 0.29) is 11.3 Å². The maximum atomic E-state index is 11.7. The minimum atomic E-state index is -0.495. The van der Waals surface area contributed by atoms with Crippen LogP contribution in [0, 0.1) is 22.7 Å². The van der Waals surface area contributed by atoms with Crippen LogP contribution < -0.4 is 5.32 Å². The molecule has 1 amide bonds. The van der Waals surface area contributed by atoms with E-state index in [4.69, 9.17) is 5.26 Å². The molecule has 4 nitrogen and oxygen atoms in total. The van der Waals surface area contributed by atoms with Crippen LogP contribution in [-0.4, -0.2) is 37.5 Å². The Bertz CT molecular complexity index is 300. The SMILES string of the molecule is CCC(C#N)C(=O)NCC1(C)CCN(C)CC1. The van der Waals surface area contributed by atoms with E-state index in [9.17, 15) is 4.79 Å². The number of nitrogens with one attached hydrogen (secondary N) is 1. The smallest absolute Gasteiger partial charge is 0.237 e. The third kappa shape index (κ3) is 4.01. The van der Waals surface area contributed by atoms with Crippen LogP contribution >= 0.6 is 0 Å². The van der Waals surface area contributed by atoms with E-state index in [0.29, 0.717) is 13.0 Å². The van der Waals surface area contributed by atoms with E-state index < -0.39 is 5.92 Å². The average Bonchev–Trinajstić information content (AvgIpc) is 2.33. The molecule has 1 N–H and O–H groups in total. The van der Waals surface area contributed by atoms with Crippen molar-refractivity contribution in [3.05, 3.63) is 0 Å². The van der Waals surface area contributed by atoms with Crippen LogP contribution in [0.3, 0.4) is 0 Å². The van der Waals surface area contributed by atoms with Gasteiger partial charge in [-0.2, -0.15) is 5.26 Å². The van der Waals surface area contributed by atoms with Crippen LogP contribution in [0.2, 0.25) is 0 Å². The molecule has 1 rings (SSSR count). The van der Waals surface area contributed by atoms with Crippen molar-refractivity contribution in [3.63, 3.8) is 0 Å². The van der Waals surface area contributed by atoms with Gasteiger partial charge in [-0.1, -0.05) is 13.8 Å². The molecule has 0 aliphatic carbocycles. The van der Waals surface area contributed by atoms with Crippen LogP contribution in [0.4, 0.5) is 0 Å². The fourth-order valence-corrected chi connectivity index (χ4v) is 2.09. The molecule has 0 saturated carbocycles. The average molecular weight is 237 g/mol. The molecule has 4 heteroatoms. The summed E-state index contributed by atoms with van der Waals surface area (Å²) in [4.78, 5) is 14.0. The number of piperidine rings is 1. The number of hydrogen-bond acceptors (Lipinski definition) is 3. The Hall–Kier alpha value is -1.08. The van der Waals surface area contributed by atoms with Gasteiger partial charge in [-0.25, -0.2) is 0 Å². The van der Waals surface area contributed by atoms with Gasteiger partial charge in [0.05, 0.1) is 6.07 Å². The van der Waals surface area contributed by atoms with E-state index in [1.165, 1.54) is 0 Å². The second kappa shape index (κ2) is 6.02. The number of carbonyl (C=O) groups excluding carboxylic acids is 1. The summed E-state index contributed by atoms with van der Waals surface area (Å²) in [5.41, 5.74) is 0.190. The zero-order chi connectivity index (χ0) is 12.9. The number of likely N-dealkylation sites (tertiary alicyclic amines) is 1. The van der Waals surface area contributed by atoms with Gasteiger partial charge in [0.2, 0.25) is 5.91 Å². The summed E-state index contributed by atoms with van der Waals surface area (Å²) in [6, 6.07) is 2.04. The normalized spacial score (nSPS) is 21.5. The van der Waals surface area contributed by atoms with Gasteiger partial charge in [0, 0.05) is 6.54 Å². The number of nitrogens with zero attached hydrogens (tertiary/aromatic N) is 2. The molecule has 1 heterocycles. The van der Waals surface area contributed by atoms with Gasteiger partial charge in [-0.05, 0) is 44.8 Å². The summed E-state index contributed by atoms with van der Waals surface area (Å²) in [6.45, 7) is 6.94. The van der Waals surface area contributed by atoms with Crippen LogP contribution in [0.5, 0.6) is 0 Å². The van der Waals surface area contributed by atoms with Crippen molar-refractivity contribution in [2.45, 2.75) is 33.1 Å². The molecule has 0 aromatic heterocycles. The highest BCUT2D eigenvalue weighted by Crippen LogP contribution is 2.29. The minimum absolute atomic E-state index is 0.116. The molecule has 1 aliphatic heterocycles. The molecule has 0 bridgehead atoms. The number of amides is 1. The van der Waals surface area contributed by atoms with Gasteiger partial charge in [-0.15, -0.1) is 0 Å². The summed E-state index contributed by atoms with van der Waals surface area (Å²) in [6.07, 6.45) is 2.79.